The van der Waals surface area contributed by atoms with Crippen LogP contribution in [0.5, 0.6) is 0 Å². The van der Waals surface area contributed by atoms with Crippen LogP contribution in [0.2, 0.25) is 0 Å². The first kappa shape index (κ1) is 12.5. The summed E-state index contributed by atoms with van der Waals surface area (Å²) in [5, 5.41) is 4.82. The molecule has 0 saturated carbocycles. The van der Waals surface area contributed by atoms with Gasteiger partial charge in [0.25, 0.3) is 0 Å². The van der Waals surface area contributed by atoms with Crippen LogP contribution < -0.4 is 5.32 Å². The van der Waals surface area contributed by atoms with E-state index in [4.69, 9.17) is 4.74 Å². The number of hydrogen-bond acceptors (Lipinski definition) is 3. The maximum atomic E-state index is 5.68. The average molecular weight is 263 g/mol. The molecule has 1 saturated heterocycles. The van der Waals surface area contributed by atoms with Gasteiger partial charge in [-0.3, -0.25) is 0 Å². The zero-order chi connectivity index (χ0) is 12.5. The van der Waals surface area contributed by atoms with E-state index >= 15 is 0 Å². The molecular weight excluding hydrogens is 242 g/mol. The van der Waals surface area contributed by atoms with Gasteiger partial charge in [-0.25, -0.2) is 0 Å². The van der Waals surface area contributed by atoms with Crippen molar-refractivity contribution in [2.75, 3.05) is 13.7 Å². The summed E-state index contributed by atoms with van der Waals surface area (Å²) in [7, 11) is 2.08. The number of hydrogen-bond donors (Lipinski definition) is 1. The summed E-state index contributed by atoms with van der Waals surface area (Å²) in [6, 6.07) is 9.34. The van der Waals surface area contributed by atoms with Gasteiger partial charge in [-0.1, -0.05) is 24.3 Å². The number of fused-ring (bicyclic) bond motifs is 1. The van der Waals surface area contributed by atoms with Crippen molar-refractivity contribution in [3.05, 3.63) is 35.4 Å². The highest BCUT2D eigenvalue weighted by Gasteiger charge is 2.36. The molecule has 1 aromatic rings. The molecule has 2 aliphatic rings. The van der Waals surface area contributed by atoms with Gasteiger partial charge in [-0.15, -0.1) is 0 Å². The fourth-order valence-corrected chi connectivity index (χ4v) is 4.84. The molecule has 1 aromatic carbocycles. The second-order valence-electron chi connectivity index (χ2n) is 5.25. The lowest BCUT2D eigenvalue weighted by Gasteiger charge is -2.24. The molecule has 1 fully saturated rings. The molecule has 1 heterocycles. The highest BCUT2D eigenvalue weighted by atomic mass is 32.2. The second-order valence-corrected chi connectivity index (χ2v) is 6.73. The van der Waals surface area contributed by atoms with Gasteiger partial charge < -0.3 is 10.1 Å². The molecule has 0 amide bonds. The Balaban J connectivity index is 1.75. The molecule has 3 heteroatoms. The quantitative estimate of drug-likeness (QED) is 0.906. The normalized spacial score (nSPS) is 34.8. The molecule has 2 nitrogen and oxygen atoms in total. The summed E-state index contributed by atoms with van der Waals surface area (Å²) in [4.78, 5) is 0. The predicted molar refractivity (Wildman–Crippen MR) is 77.1 cm³/mol. The first-order chi connectivity index (χ1) is 8.79. The Morgan fingerprint density at radius 3 is 2.83 bits per heavy atom. The third kappa shape index (κ3) is 2.20. The van der Waals surface area contributed by atoms with E-state index in [0.717, 1.165) is 6.61 Å². The standard InChI is InChI=1S/C15H21NOS/c1-10-13(7-8-17-10)18-14-9-11-5-3-4-6-12(11)15(14)16-2/h3-6,10,13-16H,7-9H2,1-2H3. The Hall–Kier alpha value is -0.510. The minimum absolute atomic E-state index is 0.413. The van der Waals surface area contributed by atoms with Crippen molar-refractivity contribution in [1.82, 2.24) is 5.32 Å². The number of nitrogens with one attached hydrogen (secondary N) is 1. The highest BCUT2D eigenvalue weighted by molar-refractivity contribution is 8.00. The fourth-order valence-electron chi connectivity index (χ4n) is 3.14. The molecule has 18 heavy (non-hydrogen) atoms. The zero-order valence-corrected chi connectivity index (χ0v) is 11.9. The van der Waals surface area contributed by atoms with E-state index in [1.165, 1.54) is 24.0 Å². The van der Waals surface area contributed by atoms with Gasteiger partial charge in [0.2, 0.25) is 0 Å². The van der Waals surface area contributed by atoms with Gasteiger partial charge in [-0.05, 0) is 37.9 Å². The van der Waals surface area contributed by atoms with Gasteiger partial charge in [-0.2, -0.15) is 11.8 Å². The summed E-state index contributed by atoms with van der Waals surface area (Å²) in [6.45, 7) is 3.14. The number of benzene rings is 1. The summed E-state index contributed by atoms with van der Waals surface area (Å²) in [5.74, 6) is 0. The van der Waals surface area contributed by atoms with E-state index in [9.17, 15) is 0 Å². The van der Waals surface area contributed by atoms with Crippen LogP contribution in [0.25, 0.3) is 0 Å². The van der Waals surface area contributed by atoms with Gasteiger partial charge in [0.05, 0.1) is 6.10 Å². The van der Waals surface area contributed by atoms with E-state index in [-0.39, 0.29) is 0 Å². The van der Waals surface area contributed by atoms with Crippen molar-refractivity contribution in [2.24, 2.45) is 0 Å². The molecule has 4 unspecified atom stereocenters. The summed E-state index contributed by atoms with van der Waals surface area (Å²) in [6.07, 6.45) is 2.81. The van der Waals surface area contributed by atoms with E-state index in [1.807, 2.05) is 0 Å². The molecule has 0 bridgehead atoms. The molecule has 0 radical (unpaired) electrons. The van der Waals surface area contributed by atoms with E-state index < -0.39 is 0 Å². The fraction of sp³-hybridized carbons (Fsp3) is 0.600. The highest BCUT2D eigenvalue weighted by Crippen LogP contribution is 2.42. The maximum Gasteiger partial charge on any atom is 0.0666 e. The minimum Gasteiger partial charge on any atom is -0.377 e. The maximum absolute atomic E-state index is 5.68. The zero-order valence-electron chi connectivity index (χ0n) is 11.1. The molecular formula is C15H21NOS. The minimum atomic E-state index is 0.413. The van der Waals surface area contributed by atoms with Crippen molar-refractivity contribution in [3.8, 4) is 0 Å². The van der Waals surface area contributed by atoms with Gasteiger partial charge in [0.15, 0.2) is 0 Å². The van der Waals surface area contributed by atoms with Crippen molar-refractivity contribution in [2.45, 2.75) is 42.4 Å². The number of ether oxygens (including phenoxy) is 1. The van der Waals surface area contributed by atoms with Crippen LogP contribution in [-0.4, -0.2) is 30.3 Å². The Morgan fingerprint density at radius 1 is 1.28 bits per heavy atom. The summed E-state index contributed by atoms with van der Waals surface area (Å²) >= 11 is 2.12. The van der Waals surface area contributed by atoms with Crippen LogP contribution in [0.4, 0.5) is 0 Å². The van der Waals surface area contributed by atoms with Crippen molar-refractivity contribution in [3.63, 3.8) is 0 Å². The van der Waals surface area contributed by atoms with Crippen LogP contribution in [0.1, 0.15) is 30.5 Å². The number of rotatable bonds is 3. The molecule has 0 spiro atoms. The van der Waals surface area contributed by atoms with Crippen LogP contribution in [-0.2, 0) is 11.2 Å². The van der Waals surface area contributed by atoms with Gasteiger partial charge in [0, 0.05) is 23.1 Å². The molecule has 4 atom stereocenters. The van der Waals surface area contributed by atoms with Crippen LogP contribution in [0.3, 0.4) is 0 Å². The Bertz CT molecular complexity index is 423. The number of thioether (sulfide) groups is 1. The van der Waals surface area contributed by atoms with Crippen LogP contribution >= 0.6 is 11.8 Å². The molecule has 98 valence electrons. The summed E-state index contributed by atoms with van der Waals surface area (Å²) < 4.78 is 5.68. The third-order valence-corrected chi connectivity index (χ3v) is 5.91. The SMILES string of the molecule is CNC1c2ccccc2CC1SC1CCOC1C. The first-order valence-corrected chi connectivity index (χ1v) is 7.76. The molecule has 3 rings (SSSR count). The lowest BCUT2D eigenvalue weighted by Crippen LogP contribution is -2.27. The Kier molecular flexibility index (Phi) is 3.64. The second kappa shape index (κ2) is 5.24. The smallest absolute Gasteiger partial charge is 0.0666 e. The largest absolute Gasteiger partial charge is 0.377 e. The van der Waals surface area contributed by atoms with Crippen molar-refractivity contribution < 1.29 is 4.74 Å². The lowest BCUT2D eigenvalue weighted by atomic mass is 10.1. The third-order valence-electron chi connectivity index (χ3n) is 4.15. The predicted octanol–water partition coefficient (Wildman–Crippen LogP) is 2.78. The van der Waals surface area contributed by atoms with E-state index in [0.29, 0.717) is 22.6 Å². The van der Waals surface area contributed by atoms with Crippen molar-refractivity contribution in [1.29, 1.82) is 0 Å². The van der Waals surface area contributed by atoms with Crippen LogP contribution in [0, 0.1) is 0 Å². The van der Waals surface area contributed by atoms with Crippen molar-refractivity contribution >= 4 is 11.8 Å². The van der Waals surface area contributed by atoms with Crippen LogP contribution in [0.15, 0.2) is 24.3 Å². The molecule has 1 aliphatic heterocycles. The first-order valence-electron chi connectivity index (χ1n) is 6.81. The van der Waals surface area contributed by atoms with E-state index in [2.05, 4.69) is 55.3 Å². The molecule has 1 aliphatic carbocycles. The average Bonchev–Trinajstić information content (AvgIpc) is 2.93. The monoisotopic (exact) mass is 263 g/mol. The van der Waals surface area contributed by atoms with Gasteiger partial charge in [0.1, 0.15) is 0 Å². The Labute approximate surface area is 113 Å². The lowest BCUT2D eigenvalue weighted by molar-refractivity contribution is 0.127. The van der Waals surface area contributed by atoms with E-state index in [1.54, 1.807) is 0 Å². The Morgan fingerprint density at radius 2 is 2.11 bits per heavy atom. The molecule has 1 N–H and O–H groups in total. The molecule has 0 aromatic heterocycles. The summed E-state index contributed by atoms with van der Waals surface area (Å²) in [5.41, 5.74) is 3.00. The topological polar surface area (TPSA) is 21.3 Å². The van der Waals surface area contributed by atoms with Gasteiger partial charge >= 0.3 is 0 Å².